The number of nitrogens with zero attached hydrogens (tertiary/aromatic N) is 2. The second-order valence-corrected chi connectivity index (χ2v) is 4.34. The van der Waals surface area contributed by atoms with Crippen LogP contribution in [0.5, 0.6) is 0 Å². The highest BCUT2D eigenvalue weighted by molar-refractivity contribution is 14.1. The van der Waals surface area contributed by atoms with E-state index >= 15 is 0 Å². The number of nitrogens with one attached hydrogen (secondary N) is 1. The van der Waals surface area contributed by atoms with Gasteiger partial charge in [0.1, 0.15) is 0 Å². The molecule has 1 heterocycles. The molecule has 1 aromatic heterocycles. The maximum Gasteiger partial charge on any atom is 0.391 e. The average Bonchev–Trinajstić information content (AvgIpc) is 2.05. The van der Waals surface area contributed by atoms with Crippen molar-refractivity contribution in [2.24, 2.45) is 0 Å². The van der Waals surface area contributed by atoms with Crippen LogP contribution >= 0.6 is 22.6 Å². The van der Waals surface area contributed by atoms with E-state index in [1.54, 1.807) is 0 Å². The van der Waals surface area contributed by atoms with Crippen molar-refractivity contribution in [3.63, 3.8) is 0 Å². The lowest BCUT2D eigenvalue weighted by Crippen LogP contribution is -2.24. The lowest BCUT2D eigenvalue weighted by molar-refractivity contribution is -0.136. The zero-order valence-electron chi connectivity index (χ0n) is 7.85. The molecule has 1 rings (SSSR count). The Morgan fingerprint density at radius 2 is 1.93 bits per heavy atom. The molecule has 1 aromatic rings. The van der Waals surface area contributed by atoms with Gasteiger partial charge in [0, 0.05) is 22.0 Å². The van der Waals surface area contributed by atoms with Crippen molar-refractivity contribution in [2.75, 3.05) is 5.32 Å². The summed E-state index contributed by atoms with van der Waals surface area (Å²) in [5, 5.41) is 2.58. The largest absolute Gasteiger partial charge is 0.391 e. The maximum atomic E-state index is 12.0. The van der Waals surface area contributed by atoms with Gasteiger partial charge in [0.15, 0.2) is 0 Å². The van der Waals surface area contributed by atoms with Crippen LogP contribution in [0.2, 0.25) is 0 Å². The summed E-state index contributed by atoms with van der Waals surface area (Å²) in [5.74, 6) is 0.215. The van der Waals surface area contributed by atoms with E-state index in [2.05, 4.69) is 15.3 Å². The van der Waals surface area contributed by atoms with Gasteiger partial charge in [0.2, 0.25) is 5.95 Å². The second kappa shape index (κ2) is 4.95. The Morgan fingerprint density at radius 3 is 2.40 bits per heavy atom. The molecule has 1 N–H and O–H groups in total. The van der Waals surface area contributed by atoms with Crippen molar-refractivity contribution in [2.45, 2.75) is 25.6 Å². The first kappa shape index (κ1) is 12.5. The first-order valence-electron chi connectivity index (χ1n) is 4.17. The Hall–Kier alpha value is -0.600. The van der Waals surface area contributed by atoms with Gasteiger partial charge in [0.05, 0.1) is 6.42 Å². The quantitative estimate of drug-likeness (QED) is 0.866. The molecule has 1 atom stereocenters. The summed E-state index contributed by atoms with van der Waals surface area (Å²) >= 11 is 2.02. The first-order chi connectivity index (χ1) is 6.87. The maximum absolute atomic E-state index is 12.0. The van der Waals surface area contributed by atoms with Gasteiger partial charge in [-0.25, -0.2) is 9.97 Å². The van der Waals surface area contributed by atoms with Gasteiger partial charge in [-0.2, -0.15) is 13.2 Å². The highest BCUT2D eigenvalue weighted by atomic mass is 127. The van der Waals surface area contributed by atoms with Crippen molar-refractivity contribution < 1.29 is 13.2 Å². The van der Waals surface area contributed by atoms with Crippen molar-refractivity contribution >= 4 is 28.5 Å². The molecule has 0 radical (unpaired) electrons. The van der Waals surface area contributed by atoms with Gasteiger partial charge in [-0.3, -0.25) is 0 Å². The predicted octanol–water partition coefficient (Wildman–Crippen LogP) is 2.83. The average molecular weight is 331 g/mol. The molecule has 1 unspecified atom stereocenters. The summed E-state index contributed by atoms with van der Waals surface area (Å²) in [5.41, 5.74) is 0. The molecule has 0 aliphatic carbocycles. The fourth-order valence-electron chi connectivity index (χ4n) is 1.01. The third kappa shape index (κ3) is 5.14. The number of hydrogen-bond donors (Lipinski definition) is 1. The first-order valence-corrected chi connectivity index (χ1v) is 5.25. The summed E-state index contributed by atoms with van der Waals surface area (Å²) < 4.78 is 36.8. The van der Waals surface area contributed by atoms with Gasteiger partial charge < -0.3 is 5.32 Å². The van der Waals surface area contributed by atoms with Gasteiger partial charge in [-0.15, -0.1) is 0 Å². The Bertz CT molecular complexity index is 312. The smallest absolute Gasteiger partial charge is 0.351 e. The predicted molar refractivity (Wildman–Crippen MR) is 58.5 cm³/mol. The third-order valence-electron chi connectivity index (χ3n) is 1.53. The Balaban J connectivity index is 2.51. The van der Waals surface area contributed by atoms with E-state index in [-0.39, 0.29) is 5.95 Å². The normalized spacial score (nSPS) is 13.7. The van der Waals surface area contributed by atoms with Crippen LogP contribution < -0.4 is 5.32 Å². The molecule has 7 heteroatoms. The summed E-state index contributed by atoms with van der Waals surface area (Å²) in [7, 11) is 0. The van der Waals surface area contributed by atoms with Crippen molar-refractivity contribution in [1.29, 1.82) is 0 Å². The number of hydrogen-bond acceptors (Lipinski definition) is 3. The summed E-state index contributed by atoms with van der Waals surface area (Å²) in [4.78, 5) is 7.70. The molecule has 0 saturated heterocycles. The monoisotopic (exact) mass is 331 g/mol. The topological polar surface area (TPSA) is 37.8 Å². The lowest BCUT2D eigenvalue weighted by Gasteiger charge is -2.15. The van der Waals surface area contributed by atoms with E-state index in [4.69, 9.17) is 0 Å². The Labute approximate surface area is 98.6 Å². The molecule has 0 saturated carbocycles. The molecule has 0 spiro atoms. The summed E-state index contributed by atoms with van der Waals surface area (Å²) in [6, 6.07) is -0.731. The second-order valence-electron chi connectivity index (χ2n) is 3.09. The van der Waals surface area contributed by atoms with Crippen LogP contribution in [0.3, 0.4) is 0 Å². The SMILES string of the molecule is CC(CC(F)(F)F)Nc1ncc(I)cn1. The fourth-order valence-corrected chi connectivity index (χ4v) is 1.28. The van der Waals surface area contributed by atoms with Gasteiger partial charge >= 0.3 is 6.18 Å². The molecular formula is C8H9F3IN3. The molecule has 0 aliphatic rings. The van der Waals surface area contributed by atoms with E-state index in [9.17, 15) is 13.2 Å². The summed E-state index contributed by atoms with van der Waals surface area (Å²) in [6.45, 7) is 1.44. The van der Waals surface area contributed by atoms with Gasteiger partial charge in [0.25, 0.3) is 0 Å². The fraction of sp³-hybridized carbons (Fsp3) is 0.500. The molecule has 0 amide bonds. The van der Waals surface area contributed by atoms with Crippen LogP contribution in [-0.2, 0) is 0 Å². The van der Waals surface area contributed by atoms with Gasteiger partial charge in [-0.1, -0.05) is 0 Å². The molecule has 15 heavy (non-hydrogen) atoms. The van der Waals surface area contributed by atoms with Crippen molar-refractivity contribution in [3.8, 4) is 0 Å². The zero-order valence-corrected chi connectivity index (χ0v) is 10.0. The van der Waals surface area contributed by atoms with Crippen LogP contribution in [0.25, 0.3) is 0 Å². The highest BCUT2D eigenvalue weighted by Crippen LogP contribution is 2.22. The molecular weight excluding hydrogens is 322 g/mol. The number of halogens is 4. The molecule has 84 valence electrons. The summed E-state index contributed by atoms with van der Waals surface area (Å²) in [6.07, 6.45) is -2.00. The number of rotatable bonds is 3. The van der Waals surface area contributed by atoms with Crippen LogP contribution in [0, 0.1) is 3.57 Å². The highest BCUT2D eigenvalue weighted by Gasteiger charge is 2.30. The van der Waals surface area contributed by atoms with Crippen LogP contribution in [-0.4, -0.2) is 22.2 Å². The molecule has 0 aliphatic heterocycles. The minimum atomic E-state index is -4.17. The minimum Gasteiger partial charge on any atom is -0.351 e. The van der Waals surface area contributed by atoms with E-state index in [1.807, 2.05) is 22.6 Å². The molecule has 3 nitrogen and oxygen atoms in total. The number of aromatic nitrogens is 2. The van der Waals surface area contributed by atoms with Gasteiger partial charge in [-0.05, 0) is 29.5 Å². The minimum absolute atomic E-state index is 0.215. The standard InChI is InChI=1S/C8H9F3IN3/c1-5(2-8(9,10)11)15-7-13-3-6(12)4-14-7/h3-5H,2H2,1H3,(H,13,14,15). The molecule has 0 aromatic carbocycles. The third-order valence-corrected chi connectivity index (χ3v) is 2.09. The van der Waals surface area contributed by atoms with Crippen molar-refractivity contribution in [3.05, 3.63) is 16.0 Å². The van der Waals surface area contributed by atoms with E-state index < -0.39 is 18.6 Å². The van der Waals surface area contributed by atoms with Crippen molar-refractivity contribution in [1.82, 2.24) is 9.97 Å². The zero-order chi connectivity index (χ0) is 11.5. The lowest BCUT2D eigenvalue weighted by atomic mass is 10.2. The van der Waals surface area contributed by atoms with E-state index in [0.29, 0.717) is 0 Å². The van der Waals surface area contributed by atoms with Crippen LogP contribution in [0.4, 0.5) is 19.1 Å². The molecule has 0 fully saturated rings. The Morgan fingerprint density at radius 1 is 1.40 bits per heavy atom. The number of anilines is 1. The van der Waals surface area contributed by atoms with E-state index in [1.165, 1.54) is 19.3 Å². The molecule has 0 bridgehead atoms. The van der Waals surface area contributed by atoms with Crippen LogP contribution in [0.1, 0.15) is 13.3 Å². The number of alkyl halides is 3. The Kier molecular flexibility index (Phi) is 4.12. The van der Waals surface area contributed by atoms with E-state index in [0.717, 1.165) is 3.57 Å². The van der Waals surface area contributed by atoms with Crippen LogP contribution in [0.15, 0.2) is 12.4 Å².